The van der Waals surface area contributed by atoms with Crippen LogP contribution in [0.1, 0.15) is 139 Å². The maximum Gasteiger partial charge on any atom is 0.309 e. The fourth-order valence-corrected chi connectivity index (χ4v) is 11.6. The third kappa shape index (κ3) is 9.21. The minimum absolute atomic E-state index is 0.0387. The predicted molar refractivity (Wildman–Crippen MR) is 230 cm³/mol. The summed E-state index contributed by atoms with van der Waals surface area (Å²) in [5.41, 5.74) is -0.397. The van der Waals surface area contributed by atoms with Crippen LogP contribution in [-0.2, 0) is 39.8 Å². The van der Waals surface area contributed by atoms with Gasteiger partial charge in [0.1, 0.15) is 5.78 Å². The van der Waals surface area contributed by atoms with Crippen molar-refractivity contribution >= 4 is 11.8 Å². The molecule has 338 valence electrons. The zero-order valence-electron chi connectivity index (χ0n) is 38.1. The monoisotopic (exact) mass is 840 g/mol. The molecule has 5 aliphatic heterocycles. The fraction of sp³-hybridized carbons (Fsp3) is 0.796. The number of carboxylic acid groups (broad SMARTS) is 1. The van der Waals surface area contributed by atoms with Gasteiger partial charge in [-0.2, -0.15) is 0 Å². The molecule has 4 saturated heterocycles. The smallest absolute Gasteiger partial charge is 0.309 e. The first-order chi connectivity index (χ1) is 28.4. The molecular formula is C49H77NO10. The summed E-state index contributed by atoms with van der Waals surface area (Å²) in [6, 6.07) is 9.97. The number of nitrogens with one attached hydrogen (secondary N) is 1. The molecule has 0 saturated carbocycles. The van der Waals surface area contributed by atoms with Crippen LogP contribution in [0.4, 0.5) is 0 Å². The second kappa shape index (κ2) is 18.9. The van der Waals surface area contributed by atoms with Crippen molar-refractivity contribution in [3.8, 4) is 0 Å². The van der Waals surface area contributed by atoms with Gasteiger partial charge in [0, 0.05) is 36.6 Å². The van der Waals surface area contributed by atoms with Gasteiger partial charge in [0.15, 0.2) is 11.6 Å². The number of carbonyl (C=O) groups is 2. The number of ketones is 1. The zero-order valence-corrected chi connectivity index (χ0v) is 38.1. The van der Waals surface area contributed by atoms with Gasteiger partial charge in [-0.3, -0.25) is 9.59 Å². The largest absolute Gasteiger partial charge is 0.481 e. The normalized spacial score (nSPS) is 42.1. The van der Waals surface area contributed by atoms with E-state index in [9.17, 15) is 24.9 Å². The van der Waals surface area contributed by atoms with E-state index in [4.69, 9.17) is 23.7 Å². The number of hydrogen-bond acceptors (Lipinski definition) is 10. The van der Waals surface area contributed by atoms with Crippen molar-refractivity contribution in [2.45, 2.75) is 205 Å². The summed E-state index contributed by atoms with van der Waals surface area (Å²) in [5, 5.41) is 36.7. The van der Waals surface area contributed by atoms with Crippen LogP contribution in [0.25, 0.3) is 0 Å². The summed E-state index contributed by atoms with van der Waals surface area (Å²) in [7, 11) is 0. The number of Topliss-reactive ketones (excluding diaryl/α,β-unsaturated/α-hetero) is 1. The number of ether oxygens (including phenoxy) is 5. The summed E-state index contributed by atoms with van der Waals surface area (Å²) >= 11 is 0. The first-order valence-corrected chi connectivity index (χ1v) is 23.4. The molecule has 2 unspecified atom stereocenters. The van der Waals surface area contributed by atoms with Gasteiger partial charge in [0.05, 0.1) is 59.8 Å². The van der Waals surface area contributed by atoms with E-state index < -0.39 is 64.8 Å². The highest BCUT2D eigenvalue weighted by Crippen LogP contribution is 2.54. The van der Waals surface area contributed by atoms with Gasteiger partial charge in [-0.15, -0.1) is 0 Å². The number of hydrogen-bond donors (Lipinski definition) is 4. The molecule has 18 atom stereocenters. The van der Waals surface area contributed by atoms with E-state index in [1.165, 1.54) is 0 Å². The Hall–Kier alpha value is -2.22. The van der Waals surface area contributed by atoms with Crippen molar-refractivity contribution in [3.05, 3.63) is 48.0 Å². The zero-order chi connectivity index (χ0) is 43.8. The van der Waals surface area contributed by atoms with E-state index in [1.54, 1.807) is 0 Å². The van der Waals surface area contributed by atoms with Crippen LogP contribution in [0, 0.1) is 41.4 Å². The molecule has 5 aliphatic rings. The van der Waals surface area contributed by atoms with Crippen LogP contribution in [0.2, 0.25) is 0 Å². The number of aliphatic hydroxyl groups is 2. The first kappa shape index (κ1) is 47.3. The number of benzene rings is 1. The third-order valence-electron chi connectivity index (χ3n) is 15.8. The number of aliphatic carboxylic acids is 1. The Morgan fingerprint density at radius 2 is 1.58 bits per heavy atom. The van der Waals surface area contributed by atoms with E-state index >= 15 is 0 Å². The molecule has 0 bridgehead atoms. The fourth-order valence-electron chi connectivity index (χ4n) is 11.6. The molecule has 4 N–H and O–H groups in total. The number of rotatable bonds is 15. The summed E-state index contributed by atoms with van der Waals surface area (Å²) in [6.07, 6.45) is 7.83. The van der Waals surface area contributed by atoms with Gasteiger partial charge in [-0.25, -0.2) is 0 Å². The second-order valence-corrected chi connectivity index (χ2v) is 19.8. The topological polar surface area (TPSA) is 153 Å². The Labute approximate surface area is 359 Å². The van der Waals surface area contributed by atoms with Gasteiger partial charge in [-0.1, -0.05) is 91.8 Å². The standard InChI is InChI=1S/C49H77NO10/c1-11-36(45(53)54)38-20-19-29(4)43(57-38)33(8)41(51)32(7)42(52)37(12-2)44-30(5)27-31(6)48(58-44)24-21-39(50-28-35-17-15-14-16-18-35)49(60-48)26-25-46(10,59-49)40-22-23-47(55,13-3)34(9)56-40/h14-18,21,24,29-34,36-41,43-44,50-51,55H,11-13,19-20,22-23,25-28H2,1-10H3,(H,53,54)/t29-,30-,31+,32-,33-,34-,36?,37-,38+,39+,40+,41+,43?,44-,46-,47+,48-,49-/m0/s1. The molecule has 0 aliphatic carbocycles. The van der Waals surface area contributed by atoms with Crippen LogP contribution in [0.5, 0.6) is 0 Å². The highest BCUT2D eigenvalue weighted by molar-refractivity contribution is 5.84. The molecule has 11 nitrogen and oxygen atoms in total. The predicted octanol–water partition coefficient (Wildman–Crippen LogP) is 7.99. The number of aliphatic hydroxyl groups excluding tert-OH is 1. The van der Waals surface area contributed by atoms with Crippen LogP contribution in [-0.4, -0.2) is 92.5 Å². The molecule has 5 heterocycles. The molecule has 1 aromatic rings. The summed E-state index contributed by atoms with van der Waals surface area (Å²) < 4.78 is 34.9. The van der Waals surface area contributed by atoms with Gasteiger partial charge in [0.2, 0.25) is 0 Å². The summed E-state index contributed by atoms with van der Waals surface area (Å²) in [6.45, 7) is 20.7. The quantitative estimate of drug-likeness (QED) is 0.127. The lowest BCUT2D eigenvalue weighted by Crippen LogP contribution is -2.65. The minimum Gasteiger partial charge on any atom is -0.481 e. The first-order valence-electron chi connectivity index (χ1n) is 23.4. The van der Waals surface area contributed by atoms with Gasteiger partial charge in [0.25, 0.3) is 0 Å². The van der Waals surface area contributed by atoms with Crippen molar-refractivity contribution in [2.24, 2.45) is 41.4 Å². The average Bonchev–Trinajstić information content (AvgIpc) is 3.57. The van der Waals surface area contributed by atoms with Gasteiger partial charge >= 0.3 is 5.97 Å². The molecule has 4 fully saturated rings. The minimum atomic E-state index is -1.17. The van der Waals surface area contributed by atoms with E-state index in [1.807, 2.05) is 65.8 Å². The summed E-state index contributed by atoms with van der Waals surface area (Å²) in [4.78, 5) is 26.7. The van der Waals surface area contributed by atoms with Crippen LogP contribution < -0.4 is 5.32 Å². The molecule has 6 rings (SSSR count). The number of carbonyl (C=O) groups excluding carboxylic acids is 1. The van der Waals surface area contributed by atoms with Crippen LogP contribution >= 0.6 is 0 Å². The van der Waals surface area contributed by atoms with Crippen molar-refractivity contribution in [1.29, 1.82) is 0 Å². The molecule has 0 radical (unpaired) electrons. The number of carboxylic acids is 1. The van der Waals surface area contributed by atoms with E-state index in [0.717, 1.165) is 18.4 Å². The lowest BCUT2D eigenvalue weighted by molar-refractivity contribution is -0.398. The maximum atomic E-state index is 14.7. The second-order valence-electron chi connectivity index (χ2n) is 19.8. The lowest BCUT2D eigenvalue weighted by Gasteiger charge is -2.55. The van der Waals surface area contributed by atoms with Crippen LogP contribution in [0.15, 0.2) is 42.5 Å². The van der Waals surface area contributed by atoms with E-state index in [2.05, 4.69) is 51.2 Å². The van der Waals surface area contributed by atoms with Crippen molar-refractivity contribution in [1.82, 2.24) is 5.32 Å². The van der Waals surface area contributed by atoms with E-state index in [0.29, 0.717) is 57.9 Å². The lowest BCUT2D eigenvalue weighted by atomic mass is 9.72. The molecule has 60 heavy (non-hydrogen) atoms. The molecule has 0 amide bonds. The Morgan fingerprint density at radius 1 is 0.883 bits per heavy atom. The van der Waals surface area contributed by atoms with E-state index in [-0.39, 0.29) is 53.8 Å². The summed E-state index contributed by atoms with van der Waals surface area (Å²) in [5.74, 6) is -5.26. The SMILES string of the molecule is CCC(C(=O)O)[C@H]1CC[C@H](C)C([C@@H](C)[C@H](O)[C@H](C)C(=O)[C@H](CC)[C@H]2O[C@]3(C=C[C@@H](NCc4ccccc4)[C@]4(CC[C@@](C)([C@H]5CC[C@](O)(CC)[C@H](C)O5)O4)O3)[C@H](C)C[C@@H]2C)O1. The third-order valence-corrected chi connectivity index (χ3v) is 15.8. The molecule has 2 spiro atoms. The molecular weight excluding hydrogens is 763 g/mol. The average molecular weight is 840 g/mol. The van der Waals surface area contributed by atoms with Crippen molar-refractivity contribution in [3.63, 3.8) is 0 Å². The van der Waals surface area contributed by atoms with Gasteiger partial charge in [-0.05, 0) is 95.1 Å². The van der Waals surface area contributed by atoms with Gasteiger partial charge < -0.3 is 44.3 Å². The highest BCUT2D eigenvalue weighted by Gasteiger charge is 2.63. The Balaban J connectivity index is 1.23. The van der Waals surface area contributed by atoms with Crippen molar-refractivity contribution < 1.29 is 48.6 Å². The highest BCUT2D eigenvalue weighted by atomic mass is 16.8. The van der Waals surface area contributed by atoms with Crippen LogP contribution in [0.3, 0.4) is 0 Å². The van der Waals surface area contributed by atoms with Crippen molar-refractivity contribution in [2.75, 3.05) is 0 Å². The Kier molecular flexibility index (Phi) is 14.9. The molecule has 0 aromatic heterocycles. The Bertz CT molecular complexity index is 1640. The molecule has 1 aromatic carbocycles. The maximum absolute atomic E-state index is 14.7. The Morgan fingerprint density at radius 3 is 2.22 bits per heavy atom. The molecule has 11 heteroatoms.